The molecule has 3 N–H and O–H groups in total. The summed E-state index contributed by atoms with van der Waals surface area (Å²) in [6.07, 6.45) is -0.538. The number of nitrogens with one attached hydrogen (secondary N) is 2. The van der Waals surface area contributed by atoms with Crippen molar-refractivity contribution in [3.63, 3.8) is 0 Å². The molecule has 1 unspecified atom stereocenters. The molecule has 1 heterocycles. The second kappa shape index (κ2) is 12.9. The van der Waals surface area contributed by atoms with Gasteiger partial charge in [0.05, 0.1) is 47.2 Å². The van der Waals surface area contributed by atoms with E-state index in [2.05, 4.69) is 10.6 Å². The minimum atomic E-state index is -5.68. The fraction of sp³-hybridized carbons (Fsp3) is 0.500. The molecule has 2 aromatic rings. The smallest absolute Gasteiger partial charge is 0.496 e. The van der Waals surface area contributed by atoms with Crippen molar-refractivity contribution in [2.75, 3.05) is 19.2 Å². The quantitative estimate of drug-likeness (QED) is 0.328. The van der Waals surface area contributed by atoms with Crippen LogP contribution in [0, 0.1) is 17.2 Å². The molecule has 2 amide bonds. The summed E-state index contributed by atoms with van der Waals surface area (Å²) in [5, 5.41) is 14.6. The Kier molecular flexibility index (Phi) is 9.45. The fourth-order valence-electron chi connectivity index (χ4n) is 6.07. The van der Waals surface area contributed by atoms with Gasteiger partial charge >= 0.3 is 11.5 Å². The molecule has 0 bridgehead atoms. The lowest BCUT2D eigenvalue weighted by Gasteiger charge is -2.34. The number of anilines is 1. The van der Waals surface area contributed by atoms with E-state index in [1.54, 1.807) is 6.92 Å². The molecule has 256 valence electrons. The second-order valence-electron chi connectivity index (χ2n) is 11.9. The lowest BCUT2D eigenvalue weighted by Crippen LogP contribution is -2.48. The molecular formula is C30H32F4N2O10S. The average Bonchev–Trinajstić information content (AvgIpc) is 3.61. The summed E-state index contributed by atoms with van der Waals surface area (Å²) in [6, 6.07) is 4.77. The number of benzene rings is 2. The number of aliphatic carboxylic acids is 1. The van der Waals surface area contributed by atoms with Crippen molar-refractivity contribution in [1.82, 2.24) is 5.32 Å². The summed E-state index contributed by atoms with van der Waals surface area (Å²) in [7, 11) is -4.45. The first-order chi connectivity index (χ1) is 22.0. The summed E-state index contributed by atoms with van der Waals surface area (Å²) in [5.41, 5.74) is -6.83. The SMILES string of the molecule is COc1cc(F)c(O[C@H]2CC[C@@](C)(C(=O)O)CC2)cc1C(=O)N[C@@H]1C(C(=O)Nc2cccc(S(=O)(=O)C(F)(F)F)c2)C[C@H]2OCO[C@@H]12. The highest BCUT2D eigenvalue weighted by molar-refractivity contribution is 7.92. The van der Waals surface area contributed by atoms with Crippen molar-refractivity contribution in [1.29, 1.82) is 0 Å². The highest BCUT2D eigenvalue weighted by Gasteiger charge is 2.52. The molecule has 47 heavy (non-hydrogen) atoms. The molecule has 17 heteroatoms. The van der Waals surface area contributed by atoms with Gasteiger partial charge in [-0.25, -0.2) is 12.8 Å². The Labute approximate surface area is 266 Å². The number of hydrogen-bond donors (Lipinski definition) is 3. The number of alkyl halides is 3. The molecule has 3 aliphatic rings. The van der Waals surface area contributed by atoms with Gasteiger partial charge in [-0.3, -0.25) is 14.4 Å². The normalized spacial score (nSPS) is 27.5. The van der Waals surface area contributed by atoms with E-state index in [9.17, 15) is 41.1 Å². The summed E-state index contributed by atoms with van der Waals surface area (Å²) in [5.74, 6) is -4.71. The molecule has 0 aromatic heterocycles. The Morgan fingerprint density at radius 3 is 2.40 bits per heavy atom. The third kappa shape index (κ3) is 6.87. The van der Waals surface area contributed by atoms with E-state index in [0.717, 1.165) is 24.3 Å². The molecule has 12 nitrogen and oxygen atoms in total. The lowest BCUT2D eigenvalue weighted by atomic mass is 9.75. The third-order valence-corrected chi connectivity index (χ3v) is 10.4. The standard InChI is InChI=1S/C30H32F4N2O10S/c1-29(28(39)40)8-6-16(7-9-29)46-22-11-18(21(43-2)13-20(22)31)26(37)36-24-19(12-23-25(24)45-14-44-23)27(38)35-15-4-3-5-17(10-15)47(41,42)30(32,33)34/h3-5,10-11,13,16,19,23-25H,6-9,12,14H2,1-2H3,(H,35,38)(H,36,37)(H,39,40)/t16-,19?,23-,24-,25-,29+/m1/s1. The molecule has 0 spiro atoms. The van der Waals surface area contributed by atoms with Gasteiger partial charge in [-0.2, -0.15) is 13.2 Å². The van der Waals surface area contributed by atoms with Crippen LogP contribution in [0.3, 0.4) is 0 Å². The molecule has 2 saturated carbocycles. The molecule has 1 saturated heterocycles. The predicted octanol–water partition coefficient (Wildman–Crippen LogP) is 4.04. The average molecular weight is 689 g/mol. The van der Waals surface area contributed by atoms with Crippen molar-refractivity contribution < 1.29 is 64.4 Å². The van der Waals surface area contributed by atoms with Crippen LogP contribution in [0.1, 0.15) is 49.4 Å². The van der Waals surface area contributed by atoms with Crippen LogP contribution < -0.4 is 20.1 Å². The summed E-state index contributed by atoms with van der Waals surface area (Å²) in [4.78, 5) is 37.5. The first-order valence-electron chi connectivity index (χ1n) is 14.6. The number of hydrogen-bond acceptors (Lipinski definition) is 9. The Morgan fingerprint density at radius 2 is 1.77 bits per heavy atom. The van der Waals surface area contributed by atoms with E-state index in [1.807, 2.05) is 0 Å². The van der Waals surface area contributed by atoms with Gasteiger partial charge in [0.1, 0.15) is 18.6 Å². The number of amides is 2. The van der Waals surface area contributed by atoms with Crippen LogP contribution in [0.4, 0.5) is 23.2 Å². The summed E-state index contributed by atoms with van der Waals surface area (Å²) in [6.45, 7) is 1.52. The van der Waals surface area contributed by atoms with Crippen LogP contribution in [0.25, 0.3) is 0 Å². The monoisotopic (exact) mass is 688 g/mol. The zero-order chi connectivity index (χ0) is 34.3. The Balaban J connectivity index is 1.34. The van der Waals surface area contributed by atoms with Crippen LogP contribution in [0.5, 0.6) is 11.5 Å². The van der Waals surface area contributed by atoms with Crippen LogP contribution >= 0.6 is 0 Å². The minimum absolute atomic E-state index is 0.0494. The maximum atomic E-state index is 15.0. The number of ether oxygens (including phenoxy) is 4. The largest absolute Gasteiger partial charge is 0.501 e. The van der Waals surface area contributed by atoms with Gasteiger partial charge in [0.25, 0.3) is 15.7 Å². The molecule has 4 atom stereocenters. The summed E-state index contributed by atoms with van der Waals surface area (Å²) < 4.78 is 100. The van der Waals surface area contributed by atoms with Crippen LogP contribution in [0.15, 0.2) is 41.3 Å². The minimum Gasteiger partial charge on any atom is -0.496 e. The molecule has 2 aromatic carbocycles. The molecule has 3 fully saturated rings. The van der Waals surface area contributed by atoms with E-state index in [0.29, 0.717) is 31.7 Å². The summed E-state index contributed by atoms with van der Waals surface area (Å²) >= 11 is 0. The third-order valence-electron chi connectivity index (χ3n) is 8.88. The number of halogens is 4. The van der Waals surface area contributed by atoms with Crippen molar-refractivity contribution >= 4 is 33.3 Å². The fourth-order valence-corrected chi connectivity index (χ4v) is 6.88. The maximum Gasteiger partial charge on any atom is 0.501 e. The Hall–Kier alpha value is -3.96. The molecule has 2 aliphatic carbocycles. The van der Waals surface area contributed by atoms with Gasteiger partial charge in [-0.15, -0.1) is 0 Å². The van der Waals surface area contributed by atoms with Gasteiger partial charge in [-0.05, 0) is 63.3 Å². The van der Waals surface area contributed by atoms with Gasteiger partial charge in [0, 0.05) is 11.8 Å². The molecule has 1 aliphatic heterocycles. The number of carboxylic acid groups (broad SMARTS) is 1. The Morgan fingerprint density at radius 1 is 1.06 bits per heavy atom. The highest BCUT2D eigenvalue weighted by atomic mass is 32.2. The number of carboxylic acids is 1. The van der Waals surface area contributed by atoms with E-state index in [-0.39, 0.29) is 36.0 Å². The lowest BCUT2D eigenvalue weighted by molar-refractivity contribution is -0.150. The molecular weight excluding hydrogens is 656 g/mol. The van der Waals surface area contributed by atoms with Crippen LogP contribution in [-0.4, -0.2) is 75.1 Å². The number of fused-ring (bicyclic) bond motifs is 1. The van der Waals surface area contributed by atoms with Gasteiger partial charge in [-0.1, -0.05) is 6.07 Å². The van der Waals surface area contributed by atoms with Crippen LogP contribution in [0.2, 0.25) is 0 Å². The van der Waals surface area contributed by atoms with Crippen molar-refractivity contribution in [3.8, 4) is 11.5 Å². The van der Waals surface area contributed by atoms with Gasteiger partial charge in [0.15, 0.2) is 11.6 Å². The molecule has 5 rings (SSSR count). The van der Waals surface area contributed by atoms with Gasteiger partial charge < -0.3 is 34.7 Å². The number of carbonyl (C=O) groups is 3. The number of methoxy groups -OCH3 is 1. The van der Waals surface area contributed by atoms with Crippen molar-refractivity contribution in [3.05, 3.63) is 47.8 Å². The van der Waals surface area contributed by atoms with E-state index in [4.69, 9.17) is 18.9 Å². The number of carbonyl (C=O) groups excluding carboxylic acids is 2. The number of sulfone groups is 1. The van der Waals surface area contributed by atoms with Crippen molar-refractivity contribution in [2.45, 2.75) is 73.8 Å². The Bertz CT molecular complexity index is 1660. The maximum absolute atomic E-state index is 15.0. The highest BCUT2D eigenvalue weighted by Crippen LogP contribution is 2.40. The second-order valence-corrected chi connectivity index (χ2v) is 13.9. The topological polar surface area (TPSA) is 167 Å². The molecule has 0 radical (unpaired) electrons. The van der Waals surface area contributed by atoms with E-state index in [1.165, 1.54) is 13.2 Å². The number of rotatable bonds is 9. The zero-order valence-corrected chi connectivity index (χ0v) is 26.0. The predicted molar refractivity (Wildman–Crippen MR) is 154 cm³/mol. The van der Waals surface area contributed by atoms with Gasteiger partial charge in [0.2, 0.25) is 5.91 Å². The first kappa shape index (κ1) is 34.4. The van der Waals surface area contributed by atoms with Crippen LogP contribution in [-0.2, 0) is 28.9 Å². The zero-order valence-electron chi connectivity index (χ0n) is 25.1. The van der Waals surface area contributed by atoms with E-state index < -0.39 is 79.5 Å². The van der Waals surface area contributed by atoms with E-state index >= 15 is 4.39 Å². The van der Waals surface area contributed by atoms with Crippen molar-refractivity contribution in [2.24, 2.45) is 11.3 Å². The first-order valence-corrected chi connectivity index (χ1v) is 16.1.